The van der Waals surface area contributed by atoms with Crippen molar-refractivity contribution in [3.8, 4) is 0 Å². The van der Waals surface area contributed by atoms with E-state index in [0.29, 0.717) is 10.6 Å². The van der Waals surface area contributed by atoms with Crippen LogP contribution in [0.1, 0.15) is 17.2 Å². The van der Waals surface area contributed by atoms with Gasteiger partial charge in [0.1, 0.15) is 11.6 Å². The number of hydrazine groups is 1. The van der Waals surface area contributed by atoms with Gasteiger partial charge in [-0.1, -0.05) is 35.3 Å². The van der Waals surface area contributed by atoms with Gasteiger partial charge in [-0.15, -0.1) is 0 Å². The number of hydrogen-bond acceptors (Lipinski definition) is 2. The Hall–Kier alpha value is -1.20. The van der Waals surface area contributed by atoms with Gasteiger partial charge in [0.25, 0.3) is 0 Å². The monoisotopic (exact) mass is 316 g/mol. The number of nitrogens with two attached hydrogens (primary N) is 1. The van der Waals surface area contributed by atoms with Gasteiger partial charge in [-0.05, 0) is 36.2 Å². The molecule has 0 saturated carbocycles. The zero-order valence-electron chi connectivity index (χ0n) is 10.3. The highest BCUT2D eigenvalue weighted by atomic mass is 35.5. The molecule has 1 atom stereocenters. The van der Waals surface area contributed by atoms with Gasteiger partial charge in [0.2, 0.25) is 0 Å². The Kier molecular flexibility index (Phi) is 4.94. The molecule has 3 N–H and O–H groups in total. The Morgan fingerprint density at radius 1 is 1.15 bits per heavy atom. The zero-order valence-corrected chi connectivity index (χ0v) is 11.8. The molecule has 2 aromatic carbocycles. The molecule has 0 spiro atoms. The Bertz CT molecular complexity index is 620. The minimum atomic E-state index is -0.610. The molecule has 6 heteroatoms. The van der Waals surface area contributed by atoms with Crippen molar-refractivity contribution in [3.63, 3.8) is 0 Å². The third-order valence-corrected chi connectivity index (χ3v) is 3.52. The first kappa shape index (κ1) is 15.2. The van der Waals surface area contributed by atoms with Gasteiger partial charge < -0.3 is 0 Å². The third-order valence-electron chi connectivity index (χ3n) is 2.99. The lowest BCUT2D eigenvalue weighted by Gasteiger charge is -2.18. The normalized spacial score (nSPS) is 12.4. The lowest BCUT2D eigenvalue weighted by atomic mass is 9.98. The van der Waals surface area contributed by atoms with E-state index in [1.807, 2.05) is 0 Å². The van der Waals surface area contributed by atoms with Crippen LogP contribution in [0, 0.1) is 11.6 Å². The zero-order chi connectivity index (χ0) is 14.7. The average Bonchev–Trinajstić information content (AvgIpc) is 2.43. The second kappa shape index (κ2) is 6.50. The molecule has 0 aliphatic rings. The maximum Gasteiger partial charge on any atom is 0.145 e. The molecule has 0 amide bonds. The van der Waals surface area contributed by atoms with E-state index >= 15 is 0 Å². The second-order valence-electron chi connectivity index (χ2n) is 4.30. The van der Waals surface area contributed by atoms with Crippen molar-refractivity contribution >= 4 is 23.2 Å². The predicted octanol–water partition coefficient (Wildman–Crippen LogP) is 4.02. The summed E-state index contributed by atoms with van der Waals surface area (Å²) in [7, 11) is 0. The third kappa shape index (κ3) is 3.27. The summed E-state index contributed by atoms with van der Waals surface area (Å²) in [5.74, 6) is 4.46. The van der Waals surface area contributed by atoms with Gasteiger partial charge in [0, 0.05) is 10.6 Å². The fourth-order valence-electron chi connectivity index (χ4n) is 1.97. The molecule has 2 aromatic rings. The molecule has 106 valence electrons. The van der Waals surface area contributed by atoms with Gasteiger partial charge in [-0.3, -0.25) is 11.3 Å². The lowest BCUT2D eigenvalue weighted by molar-refractivity contribution is 0.499. The van der Waals surface area contributed by atoms with Gasteiger partial charge in [-0.25, -0.2) is 8.78 Å². The Balaban J connectivity index is 2.34. The van der Waals surface area contributed by atoms with Crippen LogP contribution in [0.15, 0.2) is 36.4 Å². The smallest absolute Gasteiger partial charge is 0.145 e. The van der Waals surface area contributed by atoms with Crippen molar-refractivity contribution < 1.29 is 8.78 Å². The largest absolute Gasteiger partial charge is 0.271 e. The van der Waals surface area contributed by atoms with Gasteiger partial charge in [0.15, 0.2) is 0 Å². The molecule has 0 aromatic heterocycles. The summed E-state index contributed by atoms with van der Waals surface area (Å²) in [5, 5.41) is 0.401. The van der Waals surface area contributed by atoms with E-state index in [9.17, 15) is 8.78 Å². The van der Waals surface area contributed by atoms with Gasteiger partial charge in [0.05, 0.1) is 11.1 Å². The van der Waals surface area contributed by atoms with Crippen molar-refractivity contribution in [1.82, 2.24) is 5.43 Å². The van der Waals surface area contributed by atoms with Gasteiger partial charge >= 0.3 is 0 Å². The van der Waals surface area contributed by atoms with Gasteiger partial charge in [-0.2, -0.15) is 0 Å². The van der Waals surface area contributed by atoms with Crippen LogP contribution in [0.4, 0.5) is 8.78 Å². The quantitative estimate of drug-likeness (QED) is 0.660. The Morgan fingerprint density at radius 2 is 1.90 bits per heavy atom. The molecule has 2 nitrogen and oxygen atoms in total. The molecule has 0 aliphatic heterocycles. The number of halogens is 4. The van der Waals surface area contributed by atoms with Crippen molar-refractivity contribution in [2.75, 3.05) is 0 Å². The number of nitrogens with one attached hydrogen (secondary N) is 1. The average molecular weight is 317 g/mol. The predicted molar refractivity (Wildman–Crippen MR) is 76.6 cm³/mol. The standard InChI is InChI=1S/C14H12Cl2F2N2/c15-9-4-5-12(17)10(7-9)13(20-19)6-8-2-1-3-11(16)14(8)18/h1-5,7,13,20H,6,19H2. The molecule has 20 heavy (non-hydrogen) atoms. The van der Waals surface area contributed by atoms with Crippen molar-refractivity contribution in [2.45, 2.75) is 12.5 Å². The molecule has 0 bridgehead atoms. The molecule has 0 fully saturated rings. The van der Waals surface area contributed by atoms with Crippen LogP contribution in [0.25, 0.3) is 0 Å². The van der Waals surface area contributed by atoms with E-state index in [1.165, 1.54) is 24.3 Å². The highest BCUT2D eigenvalue weighted by molar-refractivity contribution is 6.31. The molecular formula is C14H12Cl2F2N2. The highest BCUT2D eigenvalue weighted by Crippen LogP contribution is 2.26. The minimum Gasteiger partial charge on any atom is -0.271 e. The van der Waals surface area contributed by atoms with E-state index in [1.54, 1.807) is 12.1 Å². The maximum absolute atomic E-state index is 13.9. The molecule has 0 saturated heterocycles. The molecule has 0 heterocycles. The lowest BCUT2D eigenvalue weighted by Crippen LogP contribution is -2.30. The van der Waals surface area contributed by atoms with E-state index < -0.39 is 17.7 Å². The van der Waals surface area contributed by atoms with E-state index in [-0.39, 0.29) is 17.0 Å². The summed E-state index contributed by atoms with van der Waals surface area (Å²) >= 11 is 11.6. The van der Waals surface area contributed by atoms with Crippen LogP contribution in [-0.2, 0) is 6.42 Å². The fraction of sp³-hybridized carbons (Fsp3) is 0.143. The van der Waals surface area contributed by atoms with Crippen LogP contribution >= 0.6 is 23.2 Å². The summed E-state index contributed by atoms with van der Waals surface area (Å²) < 4.78 is 27.7. The topological polar surface area (TPSA) is 38.0 Å². The van der Waals surface area contributed by atoms with E-state index in [4.69, 9.17) is 29.0 Å². The number of rotatable bonds is 4. The Labute approximate surface area is 125 Å². The first-order chi connectivity index (χ1) is 9.52. The summed E-state index contributed by atoms with van der Waals surface area (Å²) in [6.07, 6.45) is 0.153. The van der Waals surface area contributed by atoms with E-state index in [2.05, 4.69) is 5.43 Å². The van der Waals surface area contributed by atoms with Crippen LogP contribution in [0.5, 0.6) is 0 Å². The van der Waals surface area contributed by atoms with Crippen LogP contribution in [-0.4, -0.2) is 0 Å². The summed E-state index contributed by atoms with van der Waals surface area (Å²) in [6, 6.07) is 8.19. The first-order valence-electron chi connectivity index (χ1n) is 5.87. The number of hydrogen-bond donors (Lipinski definition) is 2. The molecule has 0 aliphatic carbocycles. The molecule has 0 radical (unpaired) electrons. The maximum atomic E-state index is 13.9. The fourth-order valence-corrected chi connectivity index (χ4v) is 2.34. The highest BCUT2D eigenvalue weighted by Gasteiger charge is 2.18. The van der Waals surface area contributed by atoms with E-state index in [0.717, 1.165) is 0 Å². The van der Waals surface area contributed by atoms with Crippen molar-refractivity contribution in [1.29, 1.82) is 0 Å². The molecular weight excluding hydrogens is 305 g/mol. The van der Waals surface area contributed by atoms with Crippen molar-refractivity contribution in [3.05, 3.63) is 69.2 Å². The summed E-state index contributed by atoms with van der Waals surface area (Å²) in [5.41, 5.74) is 3.10. The molecule has 2 rings (SSSR count). The summed E-state index contributed by atoms with van der Waals surface area (Å²) in [4.78, 5) is 0. The minimum absolute atomic E-state index is 0.0184. The van der Waals surface area contributed by atoms with Crippen LogP contribution in [0.3, 0.4) is 0 Å². The first-order valence-corrected chi connectivity index (χ1v) is 6.62. The van der Waals surface area contributed by atoms with Crippen molar-refractivity contribution in [2.24, 2.45) is 5.84 Å². The second-order valence-corrected chi connectivity index (χ2v) is 5.15. The Morgan fingerprint density at radius 3 is 2.60 bits per heavy atom. The van der Waals surface area contributed by atoms with Crippen LogP contribution in [0.2, 0.25) is 10.0 Å². The van der Waals surface area contributed by atoms with Crippen LogP contribution < -0.4 is 11.3 Å². The molecule has 1 unspecified atom stereocenters. The SMILES string of the molecule is NNC(Cc1cccc(Cl)c1F)c1cc(Cl)ccc1F. The number of benzene rings is 2. The summed E-state index contributed by atoms with van der Waals surface area (Å²) in [6.45, 7) is 0.